The van der Waals surface area contributed by atoms with Gasteiger partial charge >= 0.3 is 6.03 Å². The van der Waals surface area contributed by atoms with Gasteiger partial charge in [0, 0.05) is 38.6 Å². The van der Waals surface area contributed by atoms with Crippen LogP contribution in [0, 0.1) is 0 Å². The number of nitrogens with one attached hydrogen (secondary N) is 1. The van der Waals surface area contributed by atoms with Gasteiger partial charge in [0.05, 0.1) is 12.2 Å². The maximum Gasteiger partial charge on any atom is 0.317 e. The highest BCUT2D eigenvalue weighted by Gasteiger charge is 2.09. The molecule has 24 heavy (non-hydrogen) atoms. The molecule has 0 unspecified atom stereocenters. The first-order valence-corrected chi connectivity index (χ1v) is 8.39. The lowest BCUT2D eigenvalue weighted by molar-refractivity contribution is 0.206. The highest BCUT2D eigenvalue weighted by Crippen LogP contribution is 2.12. The van der Waals surface area contributed by atoms with E-state index in [0.29, 0.717) is 13.1 Å². The highest BCUT2D eigenvalue weighted by molar-refractivity contribution is 5.73. The number of rotatable bonds is 8. The number of urea groups is 1. The van der Waals surface area contributed by atoms with Crippen molar-refractivity contribution in [2.75, 3.05) is 31.6 Å². The topological polar surface area (TPSA) is 48.5 Å². The van der Waals surface area contributed by atoms with Gasteiger partial charge in [0.2, 0.25) is 0 Å². The lowest BCUT2D eigenvalue weighted by Gasteiger charge is -2.23. The molecule has 0 atom stereocenters. The van der Waals surface area contributed by atoms with Gasteiger partial charge in [-0.05, 0) is 37.6 Å². The van der Waals surface area contributed by atoms with Crippen LogP contribution in [0.15, 0.2) is 54.7 Å². The quantitative estimate of drug-likeness (QED) is 0.758. The van der Waals surface area contributed by atoms with E-state index in [4.69, 9.17) is 0 Å². The van der Waals surface area contributed by atoms with Crippen LogP contribution in [-0.4, -0.2) is 42.6 Å². The van der Waals surface area contributed by atoms with Gasteiger partial charge in [-0.25, -0.2) is 4.79 Å². The van der Waals surface area contributed by atoms with E-state index in [1.807, 2.05) is 36.4 Å². The zero-order chi connectivity index (χ0) is 17.2. The van der Waals surface area contributed by atoms with Crippen molar-refractivity contribution in [2.45, 2.75) is 19.9 Å². The van der Waals surface area contributed by atoms with E-state index in [1.165, 1.54) is 5.69 Å². The second kappa shape index (κ2) is 9.55. The normalized spacial score (nSPS) is 10.2. The van der Waals surface area contributed by atoms with Crippen molar-refractivity contribution in [1.82, 2.24) is 15.2 Å². The first-order valence-electron chi connectivity index (χ1n) is 8.39. The number of aromatic nitrogens is 1. The summed E-state index contributed by atoms with van der Waals surface area (Å²) in [5.74, 6) is 0. The molecular formula is C19H26N4O. The van der Waals surface area contributed by atoms with Crippen LogP contribution in [-0.2, 0) is 6.54 Å². The molecule has 0 radical (unpaired) electrons. The molecule has 1 aromatic carbocycles. The largest absolute Gasteiger partial charge is 0.372 e. The number of pyridine rings is 1. The first-order chi connectivity index (χ1) is 11.7. The monoisotopic (exact) mass is 326 g/mol. The summed E-state index contributed by atoms with van der Waals surface area (Å²) in [5.41, 5.74) is 2.11. The maximum atomic E-state index is 12.1. The van der Waals surface area contributed by atoms with Gasteiger partial charge in [0.25, 0.3) is 0 Å². The Morgan fingerprint density at radius 2 is 1.88 bits per heavy atom. The maximum absolute atomic E-state index is 12.1. The molecule has 0 saturated carbocycles. The molecule has 0 fully saturated rings. The molecule has 1 heterocycles. The number of para-hydroxylation sites is 1. The van der Waals surface area contributed by atoms with Gasteiger partial charge < -0.3 is 15.1 Å². The summed E-state index contributed by atoms with van der Waals surface area (Å²) in [5, 5.41) is 2.97. The summed E-state index contributed by atoms with van der Waals surface area (Å²) in [6.07, 6.45) is 2.65. The lowest BCUT2D eigenvalue weighted by Crippen LogP contribution is -2.38. The third-order valence-corrected chi connectivity index (χ3v) is 3.86. The molecule has 0 bridgehead atoms. The zero-order valence-corrected chi connectivity index (χ0v) is 14.5. The minimum absolute atomic E-state index is 0.0663. The van der Waals surface area contributed by atoms with Crippen molar-refractivity contribution < 1.29 is 4.79 Å². The van der Waals surface area contributed by atoms with Crippen LogP contribution in [0.3, 0.4) is 0 Å². The van der Waals surface area contributed by atoms with Crippen LogP contribution >= 0.6 is 0 Å². The molecule has 1 aromatic heterocycles. The minimum atomic E-state index is -0.0663. The summed E-state index contributed by atoms with van der Waals surface area (Å²) in [7, 11) is 1.78. The molecule has 0 spiro atoms. The second-order valence-electron chi connectivity index (χ2n) is 5.68. The Kier molecular flexibility index (Phi) is 7.08. The SMILES string of the molecule is CCN(CCCNC(=O)N(C)Cc1ccccn1)c1ccccc1. The van der Waals surface area contributed by atoms with Crippen LogP contribution in [0.5, 0.6) is 0 Å². The number of anilines is 1. The van der Waals surface area contributed by atoms with Gasteiger partial charge in [-0.2, -0.15) is 0 Å². The average Bonchev–Trinajstić information content (AvgIpc) is 2.63. The van der Waals surface area contributed by atoms with Gasteiger partial charge in [-0.15, -0.1) is 0 Å². The molecule has 5 nitrogen and oxygen atoms in total. The van der Waals surface area contributed by atoms with Crippen molar-refractivity contribution in [3.8, 4) is 0 Å². The summed E-state index contributed by atoms with van der Waals surface area (Å²) >= 11 is 0. The Labute approximate surface area is 144 Å². The molecule has 1 N–H and O–H groups in total. The number of amides is 2. The van der Waals surface area contributed by atoms with Gasteiger partial charge in [-0.3, -0.25) is 4.98 Å². The van der Waals surface area contributed by atoms with Crippen molar-refractivity contribution in [3.05, 3.63) is 60.4 Å². The van der Waals surface area contributed by atoms with E-state index in [9.17, 15) is 4.79 Å². The van der Waals surface area contributed by atoms with Crippen molar-refractivity contribution in [2.24, 2.45) is 0 Å². The van der Waals surface area contributed by atoms with Crippen molar-refractivity contribution >= 4 is 11.7 Å². The van der Waals surface area contributed by atoms with Crippen LogP contribution < -0.4 is 10.2 Å². The summed E-state index contributed by atoms with van der Waals surface area (Å²) < 4.78 is 0. The molecular weight excluding hydrogens is 300 g/mol. The fraction of sp³-hybridized carbons (Fsp3) is 0.368. The Morgan fingerprint density at radius 1 is 1.12 bits per heavy atom. The smallest absolute Gasteiger partial charge is 0.317 e. The molecule has 2 rings (SSSR count). The van der Waals surface area contributed by atoms with Gasteiger partial charge in [0.1, 0.15) is 0 Å². The number of nitrogens with zero attached hydrogens (tertiary/aromatic N) is 3. The molecule has 0 aliphatic heterocycles. The number of carbonyl (C=O) groups is 1. The molecule has 5 heteroatoms. The average molecular weight is 326 g/mol. The Balaban J connectivity index is 1.70. The van der Waals surface area contributed by atoms with E-state index in [2.05, 4.69) is 34.3 Å². The van der Waals surface area contributed by atoms with E-state index < -0.39 is 0 Å². The number of carbonyl (C=O) groups excluding carboxylic acids is 1. The summed E-state index contributed by atoms with van der Waals surface area (Å²) in [6, 6.07) is 16.0. The molecule has 128 valence electrons. The van der Waals surface area contributed by atoms with Crippen LogP contribution in [0.1, 0.15) is 19.0 Å². The van der Waals surface area contributed by atoms with E-state index >= 15 is 0 Å². The van der Waals surface area contributed by atoms with Crippen molar-refractivity contribution in [1.29, 1.82) is 0 Å². The fourth-order valence-electron chi connectivity index (χ4n) is 2.52. The van der Waals surface area contributed by atoms with Crippen LogP contribution in [0.2, 0.25) is 0 Å². The lowest BCUT2D eigenvalue weighted by atomic mass is 10.2. The van der Waals surface area contributed by atoms with E-state index in [0.717, 1.165) is 25.2 Å². The molecule has 0 aliphatic rings. The fourth-order valence-corrected chi connectivity index (χ4v) is 2.52. The second-order valence-corrected chi connectivity index (χ2v) is 5.68. The van der Waals surface area contributed by atoms with Gasteiger partial charge in [-0.1, -0.05) is 24.3 Å². The molecule has 2 aromatic rings. The Hall–Kier alpha value is -2.56. The molecule has 0 saturated heterocycles. The third-order valence-electron chi connectivity index (χ3n) is 3.86. The van der Waals surface area contributed by atoms with E-state index in [1.54, 1.807) is 18.1 Å². The van der Waals surface area contributed by atoms with Crippen LogP contribution in [0.25, 0.3) is 0 Å². The predicted octanol–water partition coefficient (Wildman–Crippen LogP) is 3.14. The van der Waals surface area contributed by atoms with Gasteiger partial charge in [0.15, 0.2) is 0 Å². The highest BCUT2D eigenvalue weighted by atomic mass is 16.2. The Morgan fingerprint density at radius 3 is 2.54 bits per heavy atom. The van der Waals surface area contributed by atoms with Crippen LogP contribution in [0.4, 0.5) is 10.5 Å². The van der Waals surface area contributed by atoms with Crippen molar-refractivity contribution in [3.63, 3.8) is 0 Å². The first kappa shape index (κ1) is 17.8. The number of benzene rings is 1. The predicted molar refractivity (Wildman–Crippen MR) is 98.0 cm³/mol. The number of hydrogen-bond donors (Lipinski definition) is 1. The van der Waals surface area contributed by atoms with E-state index in [-0.39, 0.29) is 6.03 Å². The molecule has 2 amide bonds. The minimum Gasteiger partial charge on any atom is -0.372 e. The standard InChI is InChI=1S/C19H26N4O/c1-3-23(18-11-5-4-6-12-18)15-9-14-21-19(24)22(2)16-17-10-7-8-13-20-17/h4-8,10-13H,3,9,14-16H2,1-2H3,(H,21,24). The number of hydrogen-bond acceptors (Lipinski definition) is 3. The summed E-state index contributed by atoms with van der Waals surface area (Å²) in [6.45, 7) is 5.20. The third kappa shape index (κ3) is 5.57. The summed E-state index contributed by atoms with van der Waals surface area (Å²) in [4.78, 5) is 20.3. The molecule has 0 aliphatic carbocycles. The zero-order valence-electron chi connectivity index (χ0n) is 14.5. The Bertz CT molecular complexity index is 603.